The number of nitrogens with two attached hydrogens (primary N) is 1. The van der Waals surface area contributed by atoms with Crippen molar-refractivity contribution in [1.29, 1.82) is 0 Å². The van der Waals surface area contributed by atoms with Gasteiger partial charge in [-0.2, -0.15) is 0 Å². The molecule has 0 aliphatic rings. The van der Waals surface area contributed by atoms with Crippen molar-refractivity contribution < 1.29 is 32.8 Å². The van der Waals surface area contributed by atoms with Crippen LogP contribution in [0.4, 0.5) is 0 Å². The van der Waals surface area contributed by atoms with Crippen LogP contribution in [0.1, 0.15) is 174 Å². The lowest BCUT2D eigenvalue weighted by Gasteiger charge is -2.19. The summed E-state index contributed by atoms with van der Waals surface area (Å²) in [6, 6.07) is 0. The van der Waals surface area contributed by atoms with E-state index in [2.05, 4.69) is 62.5 Å². The molecule has 0 fully saturated rings. The van der Waals surface area contributed by atoms with Gasteiger partial charge in [0.1, 0.15) is 6.10 Å². The van der Waals surface area contributed by atoms with Gasteiger partial charge in [-0.3, -0.25) is 13.8 Å². The summed E-state index contributed by atoms with van der Waals surface area (Å²) in [7, 11) is -4.30. The molecule has 8 nitrogen and oxygen atoms in total. The lowest BCUT2D eigenvalue weighted by atomic mass is 10.0. The molecule has 0 amide bonds. The van der Waals surface area contributed by atoms with E-state index >= 15 is 0 Å². The first-order valence-electron chi connectivity index (χ1n) is 21.3. The summed E-state index contributed by atoms with van der Waals surface area (Å²) in [5.74, 6) is -0.456. The van der Waals surface area contributed by atoms with E-state index in [1.807, 2.05) is 6.08 Å². The van der Waals surface area contributed by atoms with Gasteiger partial charge in [-0.1, -0.05) is 190 Å². The van der Waals surface area contributed by atoms with Crippen molar-refractivity contribution in [2.45, 2.75) is 180 Å². The number of carbonyl (C=O) groups excluding carboxylic acids is 1. The summed E-state index contributed by atoms with van der Waals surface area (Å²) in [6.45, 7) is 4.68. The van der Waals surface area contributed by atoms with Gasteiger partial charge in [-0.05, 0) is 38.5 Å². The Hall–Kier alpha value is -1.80. The van der Waals surface area contributed by atoms with E-state index in [0.29, 0.717) is 13.0 Å². The summed E-state index contributed by atoms with van der Waals surface area (Å²) in [4.78, 5) is 22.4. The fourth-order valence-corrected chi connectivity index (χ4v) is 6.43. The smallest absolute Gasteiger partial charge is 0.457 e. The van der Waals surface area contributed by atoms with Crippen molar-refractivity contribution in [3.63, 3.8) is 0 Å². The van der Waals surface area contributed by atoms with E-state index in [9.17, 15) is 14.3 Å². The molecule has 0 saturated carbocycles. The van der Waals surface area contributed by atoms with Crippen molar-refractivity contribution in [2.75, 3.05) is 33.0 Å². The fraction of sp³-hybridized carbons (Fsp3) is 0.750. The van der Waals surface area contributed by atoms with Crippen LogP contribution >= 0.6 is 7.82 Å². The summed E-state index contributed by atoms with van der Waals surface area (Å²) < 4.78 is 33.3. The fourth-order valence-electron chi connectivity index (χ4n) is 5.66. The largest absolute Gasteiger partial charge is 0.472 e. The Morgan fingerprint density at radius 3 is 1.42 bits per heavy atom. The zero-order valence-corrected chi connectivity index (χ0v) is 34.9. The van der Waals surface area contributed by atoms with Crippen LogP contribution in [0.5, 0.6) is 0 Å². The number of hydrogen-bond donors (Lipinski definition) is 2. The highest BCUT2D eigenvalue weighted by atomic mass is 31.2. The highest BCUT2D eigenvalue weighted by Crippen LogP contribution is 2.43. The number of phosphoric acid groups is 1. The molecule has 9 heteroatoms. The molecular formula is C44H80NO7P. The number of unbranched alkanes of at least 4 members (excludes halogenated alkanes) is 18. The van der Waals surface area contributed by atoms with Crippen LogP contribution in [-0.4, -0.2) is 49.9 Å². The number of hydrogen-bond acceptors (Lipinski definition) is 7. The minimum Gasteiger partial charge on any atom is -0.457 e. The van der Waals surface area contributed by atoms with Crippen molar-refractivity contribution in [2.24, 2.45) is 5.73 Å². The zero-order chi connectivity index (χ0) is 38.8. The van der Waals surface area contributed by atoms with Gasteiger partial charge in [0.05, 0.1) is 26.2 Å². The first kappa shape index (κ1) is 51.2. The van der Waals surface area contributed by atoms with Crippen LogP contribution in [0.25, 0.3) is 0 Å². The maximum absolute atomic E-state index is 12.5. The molecule has 0 rings (SSSR count). The third-order valence-corrected chi connectivity index (χ3v) is 9.72. The second-order valence-corrected chi connectivity index (χ2v) is 15.3. The maximum atomic E-state index is 12.5. The van der Waals surface area contributed by atoms with E-state index in [1.165, 1.54) is 109 Å². The number of rotatable bonds is 40. The highest BCUT2D eigenvalue weighted by molar-refractivity contribution is 7.47. The summed E-state index contributed by atoms with van der Waals surface area (Å²) >= 11 is 0. The third kappa shape index (κ3) is 41.2. The Balaban J connectivity index is 4.12. The summed E-state index contributed by atoms with van der Waals surface area (Å²) in [6.07, 6.45) is 49.9. The quantitative estimate of drug-likeness (QED) is 0.0274. The molecule has 2 atom stereocenters. The van der Waals surface area contributed by atoms with Gasteiger partial charge in [0.2, 0.25) is 0 Å². The van der Waals surface area contributed by atoms with E-state index < -0.39 is 19.9 Å². The lowest BCUT2D eigenvalue weighted by molar-refractivity contribution is -0.153. The molecule has 0 spiro atoms. The average Bonchev–Trinajstić information content (AvgIpc) is 3.15. The van der Waals surface area contributed by atoms with E-state index in [-0.39, 0.29) is 32.8 Å². The van der Waals surface area contributed by atoms with Crippen LogP contribution in [0, 0.1) is 0 Å². The molecular weight excluding hydrogens is 685 g/mol. The molecule has 308 valence electrons. The normalized spacial score (nSPS) is 14.1. The zero-order valence-electron chi connectivity index (χ0n) is 34.0. The van der Waals surface area contributed by atoms with Gasteiger partial charge >= 0.3 is 13.8 Å². The monoisotopic (exact) mass is 766 g/mol. The molecule has 0 aromatic rings. The molecule has 0 aromatic carbocycles. The molecule has 0 aromatic heterocycles. The van der Waals surface area contributed by atoms with Gasteiger partial charge < -0.3 is 20.1 Å². The molecule has 0 aliphatic carbocycles. The number of allylic oxidation sites excluding steroid dienone is 9. The second-order valence-electron chi connectivity index (χ2n) is 13.8. The van der Waals surface area contributed by atoms with Crippen LogP contribution in [0.3, 0.4) is 0 Å². The highest BCUT2D eigenvalue weighted by Gasteiger charge is 2.25. The van der Waals surface area contributed by atoms with Crippen molar-refractivity contribution in [1.82, 2.24) is 0 Å². The number of ether oxygens (including phenoxy) is 2. The lowest BCUT2D eigenvalue weighted by Crippen LogP contribution is -2.28. The number of esters is 1. The van der Waals surface area contributed by atoms with Crippen molar-refractivity contribution >= 4 is 13.8 Å². The topological polar surface area (TPSA) is 117 Å². The second kappa shape index (κ2) is 41.4. The Bertz CT molecular complexity index is 994. The minimum atomic E-state index is -4.30. The van der Waals surface area contributed by atoms with Crippen molar-refractivity contribution in [3.8, 4) is 0 Å². The summed E-state index contributed by atoms with van der Waals surface area (Å²) in [5, 5.41) is 0. The third-order valence-electron chi connectivity index (χ3n) is 8.73. The Labute approximate surface area is 325 Å². The molecule has 0 bridgehead atoms. The minimum absolute atomic E-state index is 0.0767. The Morgan fingerprint density at radius 2 is 0.981 bits per heavy atom. The standard InChI is InChI=1S/C44H80NO7P/c1-3-5-7-9-11-13-15-17-19-20-21-22-24-26-28-30-32-34-36-39-49-41-43(42-51-53(47,48)50-40-38-45)52-44(46)37-35-33-31-29-27-25-23-18-16-14-12-10-8-6-4-2/h6,8,12,14,18,23,27,29,33,35,43H,3-5,7,9-11,13,15-17,19-22,24-26,28,30-32,34,36-42,45H2,1-2H3,(H,47,48)/b8-6-,14-12-,23-18-,29-27-,35-33-. The molecule has 0 heterocycles. The molecule has 0 radical (unpaired) electrons. The predicted molar refractivity (Wildman–Crippen MR) is 224 cm³/mol. The Morgan fingerprint density at radius 1 is 0.566 bits per heavy atom. The first-order valence-corrected chi connectivity index (χ1v) is 22.8. The van der Waals surface area contributed by atoms with E-state index in [4.69, 9.17) is 24.3 Å². The predicted octanol–water partition coefficient (Wildman–Crippen LogP) is 12.6. The van der Waals surface area contributed by atoms with Gasteiger partial charge in [0.15, 0.2) is 0 Å². The number of carbonyl (C=O) groups is 1. The molecule has 53 heavy (non-hydrogen) atoms. The van der Waals surface area contributed by atoms with Crippen LogP contribution in [0.2, 0.25) is 0 Å². The molecule has 3 N–H and O–H groups in total. The van der Waals surface area contributed by atoms with Crippen LogP contribution < -0.4 is 5.73 Å². The maximum Gasteiger partial charge on any atom is 0.472 e. The Kier molecular flexibility index (Phi) is 40.0. The van der Waals surface area contributed by atoms with Crippen LogP contribution in [0.15, 0.2) is 60.8 Å². The molecule has 0 saturated heterocycles. The summed E-state index contributed by atoms with van der Waals surface area (Å²) in [5.41, 5.74) is 5.36. The molecule has 2 unspecified atom stereocenters. The molecule has 0 aliphatic heterocycles. The number of phosphoric ester groups is 1. The van der Waals surface area contributed by atoms with E-state index in [0.717, 1.165) is 38.5 Å². The van der Waals surface area contributed by atoms with Gasteiger partial charge in [0.25, 0.3) is 0 Å². The van der Waals surface area contributed by atoms with Gasteiger partial charge in [0, 0.05) is 13.2 Å². The van der Waals surface area contributed by atoms with E-state index in [1.54, 1.807) is 6.08 Å². The van der Waals surface area contributed by atoms with Crippen molar-refractivity contribution in [3.05, 3.63) is 60.8 Å². The SMILES string of the molecule is CC/C=C\C/C=C\C/C=C\C/C=C\C/C=C\CC(=O)OC(COCCCCCCCCCCCCCCCCCCCCC)COP(=O)(O)OCCN. The van der Waals surface area contributed by atoms with Gasteiger partial charge in [-0.25, -0.2) is 4.57 Å². The van der Waals surface area contributed by atoms with Gasteiger partial charge in [-0.15, -0.1) is 0 Å². The van der Waals surface area contributed by atoms with Crippen LogP contribution in [-0.2, 0) is 27.9 Å². The average molecular weight is 766 g/mol. The first-order chi connectivity index (χ1) is 25.9.